The molecule has 0 amide bonds. The Hall–Kier alpha value is -1.71. The molecule has 2 aromatic carbocycles. The van der Waals surface area contributed by atoms with Gasteiger partial charge < -0.3 is 14.6 Å². The summed E-state index contributed by atoms with van der Waals surface area (Å²) in [5, 5.41) is 10.2. The Morgan fingerprint density at radius 2 is 1.95 bits per heavy atom. The first kappa shape index (κ1) is 14.7. The number of hydrogen-bond acceptors (Lipinski definition) is 3. The summed E-state index contributed by atoms with van der Waals surface area (Å²) in [6.45, 7) is 2.12. The van der Waals surface area contributed by atoms with Gasteiger partial charge in [-0.2, -0.15) is 0 Å². The number of benzene rings is 2. The number of hydrogen-bond donors (Lipinski definition) is 1. The van der Waals surface area contributed by atoms with Crippen LogP contribution in [-0.4, -0.2) is 12.2 Å². The van der Waals surface area contributed by atoms with Gasteiger partial charge in [0.1, 0.15) is 6.61 Å². The maximum absolute atomic E-state index is 9.56. The Morgan fingerprint density at radius 3 is 2.60 bits per heavy atom. The first-order chi connectivity index (χ1) is 9.60. The van der Waals surface area contributed by atoms with Crippen molar-refractivity contribution in [3.8, 4) is 11.5 Å². The fourth-order valence-corrected chi connectivity index (χ4v) is 2.06. The molecule has 0 aliphatic rings. The summed E-state index contributed by atoms with van der Waals surface area (Å²) in [6.07, 6.45) is -0.536. The maximum Gasteiger partial charge on any atom is 0.161 e. The van der Waals surface area contributed by atoms with Crippen molar-refractivity contribution in [2.24, 2.45) is 0 Å². The molecular formula is C16H17ClO3. The smallest absolute Gasteiger partial charge is 0.161 e. The molecule has 1 atom stereocenters. The molecule has 2 aromatic rings. The monoisotopic (exact) mass is 292 g/mol. The van der Waals surface area contributed by atoms with E-state index in [1.807, 2.05) is 30.3 Å². The zero-order valence-corrected chi connectivity index (χ0v) is 12.2. The van der Waals surface area contributed by atoms with E-state index in [0.717, 1.165) is 11.1 Å². The number of aliphatic hydroxyl groups excluding tert-OH is 1. The Bertz CT molecular complexity index is 582. The van der Waals surface area contributed by atoms with E-state index in [2.05, 4.69) is 0 Å². The fraction of sp³-hybridized carbons (Fsp3) is 0.250. The van der Waals surface area contributed by atoms with Gasteiger partial charge in [0.2, 0.25) is 0 Å². The molecule has 0 aliphatic carbocycles. The number of halogens is 1. The van der Waals surface area contributed by atoms with E-state index >= 15 is 0 Å². The van der Waals surface area contributed by atoms with Gasteiger partial charge in [-0.25, -0.2) is 0 Å². The molecule has 0 spiro atoms. The average molecular weight is 293 g/mol. The van der Waals surface area contributed by atoms with Crippen molar-refractivity contribution in [2.45, 2.75) is 19.6 Å². The van der Waals surface area contributed by atoms with Crippen molar-refractivity contribution in [2.75, 3.05) is 7.11 Å². The summed E-state index contributed by atoms with van der Waals surface area (Å²) in [5.41, 5.74) is 1.77. The predicted molar refractivity (Wildman–Crippen MR) is 79.4 cm³/mol. The second kappa shape index (κ2) is 6.64. The fourth-order valence-electron chi connectivity index (χ4n) is 1.85. The van der Waals surface area contributed by atoms with Gasteiger partial charge in [0.15, 0.2) is 11.5 Å². The van der Waals surface area contributed by atoms with Gasteiger partial charge in [0, 0.05) is 5.02 Å². The molecule has 0 radical (unpaired) electrons. The second-order valence-electron chi connectivity index (χ2n) is 4.50. The number of rotatable bonds is 5. The van der Waals surface area contributed by atoms with Crippen LogP contribution >= 0.6 is 11.6 Å². The lowest BCUT2D eigenvalue weighted by Gasteiger charge is -2.13. The molecule has 0 fully saturated rings. The van der Waals surface area contributed by atoms with E-state index in [-0.39, 0.29) is 0 Å². The minimum Gasteiger partial charge on any atom is -0.493 e. The number of ether oxygens (including phenoxy) is 2. The lowest BCUT2D eigenvalue weighted by Crippen LogP contribution is -1.99. The van der Waals surface area contributed by atoms with Crippen molar-refractivity contribution in [3.63, 3.8) is 0 Å². The van der Waals surface area contributed by atoms with Crippen LogP contribution in [0.4, 0.5) is 0 Å². The molecular weight excluding hydrogens is 276 g/mol. The highest BCUT2D eigenvalue weighted by atomic mass is 35.5. The number of methoxy groups -OCH3 is 1. The first-order valence-electron chi connectivity index (χ1n) is 6.33. The van der Waals surface area contributed by atoms with Crippen LogP contribution in [0.2, 0.25) is 5.02 Å². The Balaban J connectivity index is 2.13. The Morgan fingerprint density at radius 1 is 1.15 bits per heavy atom. The molecule has 0 aliphatic heterocycles. The summed E-state index contributed by atoms with van der Waals surface area (Å²) in [6, 6.07) is 12.9. The molecule has 0 heterocycles. The molecule has 0 saturated carbocycles. The van der Waals surface area contributed by atoms with Crippen LogP contribution in [0.5, 0.6) is 11.5 Å². The normalized spacial score (nSPS) is 12.0. The molecule has 0 saturated heterocycles. The van der Waals surface area contributed by atoms with Crippen LogP contribution in [-0.2, 0) is 6.61 Å². The van der Waals surface area contributed by atoms with Crippen LogP contribution in [0.15, 0.2) is 42.5 Å². The third-order valence-corrected chi connectivity index (χ3v) is 3.19. The molecule has 0 bridgehead atoms. The highest BCUT2D eigenvalue weighted by Gasteiger charge is 2.09. The lowest BCUT2D eigenvalue weighted by atomic mass is 10.1. The average Bonchev–Trinajstić information content (AvgIpc) is 2.45. The third-order valence-electron chi connectivity index (χ3n) is 2.95. The summed E-state index contributed by atoms with van der Waals surface area (Å²) >= 11 is 5.93. The van der Waals surface area contributed by atoms with Gasteiger partial charge in [0.05, 0.1) is 13.2 Å². The molecule has 20 heavy (non-hydrogen) atoms. The third kappa shape index (κ3) is 3.65. The minimum atomic E-state index is -0.536. The van der Waals surface area contributed by atoms with Gasteiger partial charge in [0.25, 0.3) is 0 Å². The van der Waals surface area contributed by atoms with E-state index in [9.17, 15) is 5.11 Å². The molecule has 4 heteroatoms. The zero-order chi connectivity index (χ0) is 14.5. The van der Waals surface area contributed by atoms with E-state index in [4.69, 9.17) is 21.1 Å². The lowest BCUT2D eigenvalue weighted by molar-refractivity contribution is 0.198. The van der Waals surface area contributed by atoms with Gasteiger partial charge in [-0.05, 0) is 42.3 Å². The standard InChI is InChI=1S/C16H17ClO3/c1-11(18)13-6-7-15(16(9-13)19-2)20-10-12-4-3-5-14(17)8-12/h3-9,11,18H,10H2,1-2H3. The first-order valence-corrected chi connectivity index (χ1v) is 6.71. The SMILES string of the molecule is COc1cc(C(C)O)ccc1OCc1cccc(Cl)c1. The van der Waals surface area contributed by atoms with Crippen molar-refractivity contribution in [3.05, 3.63) is 58.6 Å². The maximum atomic E-state index is 9.56. The highest BCUT2D eigenvalue weighted by Crippen LogP contribution is 2.31. The summed E-state index contributed by atoms with van der Waals surface area (Å²) in [4.78, 5) is 0. The van der Waals surface area contributed by atoms with Crippen LogP contribution in [0.25, 0.3) is 0 Å². The topological polar surface area (TPSA) is 38.7 Å². The molecule has 1 unspecified atom stereocenters. The summed E-state index contributed by atoms with van der Waals surface area (Å²) in [7, 11) is 1.58. The van der Waals surface area contributed by atoms with Crippen molar-refractivity contribution >= 4 is 11.6 Å². The largest absolute Gasteiger partial charge is 0.493 e. The van der Waals surface area contributed by atoms with E-state index in [1.165, 1.54) is 0 Å². The quantitative estimate of drug-likeness (QED) is 0.906. The van der Waals surface area contributed by atoms with Crippen LogP contribution < -0.4 is 9.47 Å². The van der Waals surface area contributed by atoms with Gasteiger partial charge >= 0.3 is 0 Å². The minimum absolute atomic E-state index is 0.408. The Kier molecular flexibility index (Phi) is 4.88. The zero-order valence-electron chi connectivity index (χ0n) is 11.5. The van der Waals surface area contributed by atoms with Gasteiger partial charge in [-0.15, -0.1) is 0 Å². The molecule has 0 aromatic heterocycles. The van der Waals surface area contributed by atoms with Crippen molar-refractivity contribution in [1.29, 1.82) is 0 Å². The Labute approximate surface area is 123 Å². The van der Waals surface area contributed by atoms with Crippen molar-refractivity contribution in [1.82, 2.24) is 0 Å². The highest BCUT2D eigenvalue weighted by molar-refractivity contribution is 6.30. The number of aliphatic hydroxyl groups is 1. The van der Waals surface area contributed by atoms with Gasteiger partial charge in [-0.1, -0.05) is 29.8 Å². The van der Waals surface area contributed by atoms with Crippen LogP contribution in [0, 0.1) is 0 Å². The molecule has 1 N–H and O–H groups in total. The van der Waals surface area contributed by atoms with Crippen LogP contribution in [0.1, 0.15) is 24.2 Å². The predicted octanol–water partition coefficient (Wildman–Crippen LogP) is 3.98. The summed E-state index contributed by atoms with van der Waals surface area (Å²) < 4.78 is 11.0. The van der Waals surface area contributed by atoms with E-state index in [1.54, 1.807) is 26.2 Å². The molecule has 3 nitrogen and oxygen atoms in total. The molecule has 2 rings (SSSR count). The second-order valence-corrected chi connectivity index (χ2v) is 4.94. The van der Waals surface area contributed by atoms with E-state index < -0.39 is 6.10 Å². The van der Waals surface area contributed by atoms with E-state index in [0.29, 0.717) is 23.1 Å². The van der Waals surface area contributed by atoms with Crippen LogP contribution in [0.3, 0.4) is 0 Å². The summed E-state index contributed by atoms with van der Waals surface area (Å²) in [5.74, 6) is 1.24. The van der Waals surface area contributed by atoms with Crippen molar-refractivity contribution < 1.29 is 14.6 Å². The van der Waals surface area contributed by atoms with Gasteiger partial charge in [-0.3, -0.25) is 0 Å². The molecule has 106 valence electrons.